The Morgan fingerprint density at radius 2 is 1.69 bits per heavy atom. The Hall–Kier alpha value is -3.59. The summed E-state index contributed by atoms with van der Waals surface area (Å²) >= 11 is 0. The number of halogens is 2. The molecule has 32 heavy (non-hydrogen) atoms. The molecule has 0 aliphatic rings. The molecule has 0 aliphatic carbocycles. The third-order valence-electron chi connectivity index (χ3n) is 5.42. The maximum atomic E-state index is 13.4. The predicted octanol–water partition coefficient (Wildman–Crippen LogP) is 2.90. The molecule has 7 nitrogen and oxygen atoms in total. The lowest BCUT2D eigenvalue weighted by Crippen LogP contribution is -2.40. The van der Waals surface area contributed by atoms with E-state index in [9.17, 15) is 18.4 Å². The fourth-order valence-electron chi connectivity index (χ4n) is 3.74. The highest BCUT2D eigenvalue weighted by atomic mass is 19.3. The minimum absolute atomic E-state index is 0.101. The molecule has 0 amide bonds. The summed E-state index contributed by atoms with van der Waals surface area (Å²) in [5.74, 6) is 0.424. The van der Waals surface area contributed by atoms with Crippen LogP contribution >= 0.6 is 0 Å². The number of nitrogens with two attached hydrogens (primary N) is 1. The maximum Gasteiger partial charge on any atom is 0.332 e. The molecule has 0 atom stereocenters. The summed E-state index contributed by atoms with van der Waals surface area (Å²) in [6.45, 7) is 0.874. The molecule has 9 heteroatoms. The average molecular weight is 439 g/mol. The van der Waals surface area contributed by atoms with Crippen molar-refractivity contribution in [2.24, 2.45) is 12.8 Å². The van der Waals surface area contributed by atoms with Gasteiger partial charge in [-0.3, -0.25) is 13.9 Å². The lowest BCUT2D eigenvalue weighted by molar-refractivity contribution is 0.151. The quantitative estimate of drug-likeness (QED) is 0.480. The first kappa shape index (κ1) is 21.6. The van der Waals surface area contributed by atoms with Gasteiger partial charge in [-0.1, -0.05) is 54.6 Å². The van der Waals surface area contributed by atoms with E-state index in [1.54, 1.807) is 23.7 Å². The molecule has 0 unspecified atom stereocenters. The number of hydrogen-bond donors (Lipinski definition) is 1. The van der Waals surface area contributed by atoms with Gasteiger partial charge in [0.2, 0.25) is 0 Å². The third kappa shape index (κ3) is 3.87. The largest absolute Gasteiger partial charge is 0.332 e. The van der Waals surface area contributed by atoms with Crippen molar-refractivity contribution in [2.45, 2.75) is 25.9 Å². The van der Waals surface area contributed by atoms with Gasteiger partial charge in [-0.2, -0.15) is 0 Å². The fourth-order valence-corrected chi connectivity index (χ4v) is 3.74. The molecule has 4 rings (SSSR count). The fraction of sp³-hybridized carbons (Fsp3) is 0.261. The van der Waals surface area contributed by atoms with E-state index in [4.69, 9.17) is 5.73 Å². The van der Waals surface area contributed by atoms with E-state index in [0.29, 0.717) is 30.9 Å². The van der Waals surface area contributed by atoms with Crippen LogP contribution in [-0.2, 0) is 20.1 Å². The second-order valence-corrected chi connectivity index (χ2v) is 7.54. The number of benzene rings is 2. The van der Waals surface area contributed by atoms with Gasteiger partial charge in [-0.25, -0.2) is 18.6 Å². The van der Waals surface area contributed by atoms with Crippen LogP contribution in [0.2, 0.25) is 0 Å². The van der Waals surface area contributed by atoms with Crippen LogP contribution in [0, 0.1) is 0 Å². The summed E-state index contributed by atoms with van der Waals surface area (Å²) in [5, 5.41) is 0. The van der Waals surface area contributed by atoms with Gasteiger partial charge in [0.25, 0.3) is 12.0 Å². The summed E-state index contributed by atoms with van der Waals surface area (Å²) in [5.41, 5.74) is 6.58. The van der Waals surface area contributed by atoms with Gasteiger partial charge in [0, 0.05) is 31.3 Å². The van der Waals surface area contributed by atoms with Crippen molar-refractivity contribution in [3.05, 3.63) is 86.6 Å². The molecule has 2 N–H and O–H groups in total. The van der Waals surface area contributed by atoms with Crippen LogP contribution in [0.25, 0.3) is 22.6 Å². The second-order valence-electron chi connectivity index (χ2n) is 7.54. The minimum Gasteiger partial charge on any atom is -0.330 e. The molecule has 0 radical (unpaired) electrons. The summed E-state index contributed by atoms with van der Waals surface area (Å²) in [4.78, 5) is 30.7. The van der Waals surface area contributed by atoms with Gasteiger partial charge in [-0.05, 0) is 18.5 Å². The van der Waals surface area contributed by atoms with Crippen molar-refractivity contribution in [2.75, 3.05) is 6.54 Å². The molecule has 0 saturated heterocycles. The smallest absolute Gasteiger partial charge is 0.330 e. The van der Waals surface area contributed by atoms with E-state index >= 15 is 0 Å². The van der Waals surface area contributed by atoms with E-state index in [2.05, 4.69) is 4.98 Å². The van der Waals surface area contributed by atoms with E-state index in [0.717, 1.165) is 5.56 Å². The molecule has 0 fully saturated rings. The molecule has 0 aliphatic heterocycles. The van der Waals surface area contributed by atoms with Crippen molar-refractivity contribution in [3.63, 3.8) is 0 Å². The summed E-state index contributed by atoms with van der Waals surface area (Å²) < 4.78 is 30.3. The van der Waals surface area contributed by atoms with Crippen LogP contribution in [0.3, 0.4) is 0 Å². The van der Waals surface area contributed by atoms with Gasteiger partial charge in [0.05, 0.1) is 0 Å². The SMILES string of the molecule is Cn1c(=O)n(CCCN)c(=O)c2c1nc(-c1ccc(C(F)F)cc1)n2Cc1ccccc1. The molecular formula is C23H23F2N5O2. The number of hydrogen-bond acceptors (Lipinski definition) is 4. The molecule has 2 heterocycles. The van der Waals surface area contributed by atoms with Crippen molar-refractivity contribution in [1.29, 1.82) is 0 Å². The number of aromatic nitrogens is 4. The van der Waals surface area contributed by atoms with Gasteiger partial charge >= 0.3 is 5.69 Å². The topological polar surface area (TPSA) is 87.8 Å². The zero-order chi connectivity index (χ0) is 22.8. The van der Waals surface area contributed by atoms with Crippen molar-refractivity contribution < 1.29 is 8.78 Å². The van der Waals surface area contributed by atoms with Crippen LogP contribution in [0.15, 0.2) is 64.2 Å². The lowest BCUT2D eigenvalue weighted by Gasteiger charge is -2.11. The monoisotopic (exact) mass is 439 g/mol. The number of imidazole rings is 1. The lowest BCUT2D eigenvalue weighted by atomic mass is 10.1. The molecule has 0 saturated carbocycles. The van der Waals surface area contributed by atoms with Crippen molar-refractivity contribution in [1.82, 2.24) is 18.7 Å². The van der Waals surface area contributed by atoms with E-state index < -0.39 is 17.7 Å². The zero-order valence-corrected chi connectivity index (χ0v) is 17.5. The summed E-state index contributed by atoms with van der Waals surface area (Å²) in [6, 6.07) is 15.3. The average Bonchev–Trinajstić information content (AvgIpc) is 3.18. The normalized spacial score (nSPS) is 11.5. The highest BCUT2D eigenvalue weighted by Crippen LogP contribution is 2.26. The maximum absolute atomic E-state index is 13.4. The van der Waals surface area contributed by atoms with Crippen LogP contribution in [0.1, 0.15) is 24.0 Å². The number of nitrogens with zero attached hydrogens (tertiary/aromatic N) is 4. The Morgan fingerprint density at radius 1 is 1.00 bits per heavy atom. The first-order valence-corrected chi connectivity index (χ1v) is 10.2. The first-order valence-electron chi connectivity index (χ1n) is 10.2. The van der Waals surface area contributed by atoms with Crippen LogP contribution in [0.4, 0.5) is 8.78 Å². The highest BCUT2D eigenvalue weighted by Gasteiger charge is 2.21. The van der Waals surface area contributed by atoms with Gasteiger partial charge in [-0.15, -0.1) is 0 Å². The van der Waals surface area contributed by atoms with Gasteiger partial charge < -0.3 is 10.3 Å². The first-order chi connectivity index (χ1) is 15.4. The number of rotatable bonds is 7. The molecule has 166 valence electrons. The Morgan fingerprint density at radius 3 is 2.31 bits per heavy atom. The van der Waals surface area contributed by atoms with Crippen LogP contribution in [-0.4, -0.2) is 25.2 Å². The Kier molecular flexibility index (Phi) is 6.00. The van der Waals surface area contributed by atoms with E-state index in [1.807, 2.05) is 30.3 Å². The Balaban J connectivity index is 1.99. The molecular weight excluding hydrogens is 416 g/mol. The van der Waals surface area contributed by atoms with Crippen LogP contribution in [0.5, 0.6) is 0 Å². The summed E-state index contributed by atoms with van der Waals surface area (Å²) in [6.07, 6.45) is -2.10. The molecule has 0 bridgehead atoms. The van der Waals surface area contributed by atoms with Crippen molar-refractivity contribution >= 4 is 11.2 Å². The Labute approximate surface area is 182 Å². The molecule has 4 aromatic rings. The number of alkyl halides is 2. The number of aryl methyl sites for hydroxylation is 1. The molecule has 2 aromatic carbocycles. The van der Waals surface area contributed by atoms with E-state index in [1.165, 1.54) is 21.3 Å². The van der Waals surface area contributed by atoms with E-state index in [-0.39, 0.29) is 23.3 Å². The van der Waals surface area contributed by atoms with Gasteiger partial charge in [0.1, 0.15) is 5.82 Å². The van der Waals surface area contributed by atoms with Gasteiger partial charge in [0.15, 0.2) is 11.2 Å². The van der Waals surface area contributed by atoms with Crippen LogP contribution < -0.4 is 17.0 Å². The number of fused-ring (bicyclic) bond motifs is 1. The highest BCUT2D eigenvalue weighted by molar-refractivity contribution is 5.77. The third-order valence-corrected chi connectivity index (χ3v) is 5.42. The Bertz CT molecular complexity index is 1360. The predicted molar refractivity (Wildman–Crippen MR) is 119 cm³/mol. The summed E-state index contributed by atoms with van der Waals surface area (Å²) in [7, 11) is 1.56. The van der Waals surface area contributed by atoms with Crippen molar-refractivity contribution in [3.8, 4) is 11.4 Å². The minimum atomic E-state index is -2.58. The molecule has 0 spiro atoms. The molecule has 2 aromatic heterocycles. The second kappa shape index (κ2) is 8.88. The standard InChI is InChI=1S/C23H23F2N5O2/c1-28-21-18(22(31)29(23(28)32)13-5-12-26)30(14-15-6-3-2-4-7-15)20(27-21)17-10-8-16(9-11-17)19(24)25/h2-4,6-11,19H,5,12-14,26H2,1H3. The zero-order valence-electron chi connectivity index (χ0n) is 17.5.